The zero-order valence-corrected chi connectivity index (χ0v) is 12.7. The monoisotopic (exact) mass is 327 g/mol. The summed E-state index contributed by atoms with van der Waals surface area (Å²) in [6, 6.07) is 10.1. The van der Waals surface area contributed by atoms with Crippen LogP contribution < -0.4 is 9.80 Å². The van der Waals surface area contributed by atoms with Gasteiger partial charge in [-0.1, -0.05) is 29.5 Å². The lowest BCUT2D eigenvalue weighted by atomic mass is 10.3. The van der Waals surface area contributed by atoms with Crippen LogP contribution in [0.1, 0.15) is 11.3 Å². The Balaban J connectivity index is 1.69. The van der Waals surface area contributed by atoms with Crippen LogP contribution >= 0.6 is 11.3 Å². The van der Waals surface area contributed by atoms with Crippen molar-refractivity contribution in [1.82, 2.24) is 4.98 Å². The lowest BCUT2D eigenvalue weighted by molar-refractivity contribution is -0.134. The molecule has 2 heterocycles. The lowest BCUT2D eigenvalue weighted by Gasteiger charge is -2.23. The van der Waals surface area contributed by atoms with Gasteiger partial charge in [0.05, 0.1) is 6.20 Å². The van der Waals surface area contributed by atoms with E-state index in [1.54, 1.807) is 0 Å². The van der Waals surface area contributed by atoms with E-state index in [4.69, 9.17) is 0 Å². The number of hydrogen-bond donors (Lipinski definition) is 0. The number of alkyl halides is 3. The number of rotatable bonds is 2. The Morgan fingerprint density at radius 2 is 1.64 bits per heavy atom. The smallest absolute Gasteiger partial charge is 0.370 e. The maximum absolute atomic E-state index is 12.7. The molecule has 118 valence electrons. The third-order valence-corrected chi connectivity index (χ3v) is 4.76. The average molecular weight is 327 g/mol. The van der Waals surface area contributed by atoms with E-state index >= 15 is 0 Å². The molecule has 0 radical (unpaired) electrons. The van der Waals surface area contributed by atoms with E-state index in [2.05, 4.69) is 22.0 Å². The molecular formula is C15H16F3N3S. The number of thiazole rings is 1. The number of halogens is 3. The van der Waals surface area contributed by atoms with E-state index in [-0.39, 0.29) is 0 Å². The fraction of sp³-hybridized carbons (Fsp3) is 0.400. The second kappa shape index (κ2) is 6.16. The molecule has 7 heteroatoms. The van der Waals surface area contributed by atoms with Gasteiger partial charge >= 0.3 is 6.18 Å². The quantitative estimate of drug-likeness (QED) is 0.834. The highest BCUT2D eigenvalue weighted by Gasteiger charge is 2.34. The third-order valence-electron chi connectivity index (χ3n) is 3.66. The molecule has 1 aliphatic heterocycles. The van der Waals surface area contributed by atoms with Gasteiger partial charge in [-0.05, 0) is 18.6 Å². The van der Waals surface area contributed by atoms with Crippen molar-refractivity contribution in [2.24, 2.45) is 0 Å². The van der Waals surface area contributed by atoms with E-state index in [0.29, 0.717) is 11.7 Å². The van der Waals surface area contributed by atoms with Gasteiger partial charge in [0.1, 0.15) is 4.88 Å². The van der Waals surface area contributed by atoms with Crippen LogP contribution in [-0.4, -0.2) is 31.2 Å². The van der Waals surface area contributed by atoms with Crippen molar-refractivity contribution in [3.8, 4) is 0 Å². The van der Waals surface area contributed by atoms with Gasteiger partial charge in [-0.2, -0.15) is 13.2 Å². The SMILES string of the molecule is FC(F)(F)c1cnc(N2CCCN(c3ccccc3)CC2)s1. The van der Waals surface area contributed by atoms with Crippen LogP contribution in [0.15, 0.2) is 36.5 Å². The van der Waals surface area contributed by atoms with Crippen LogP contribution in [0.4, 0.5) is 24.0 Å². The summed E-state index contributed by atoms with van der Waals surface area (Å²) in [5.74, 6) is 0. The van der Waals surface area contributed by atoms with E-state index in [9.17, 15) is 13.2 Å². The topological polar surface area (TPSA) is 19.4 Å². The van der Waals surface area contributed by atoms with Crippen LogP contribution in [0.3, 0.4) is 0 Å². The number of para-hydroxylation sites is 1. The highest BCUT2D eigenvalue weighted by Crippen LogP contribution is 2.36. The molecule has 0 N–H and O–H groups in total. The van der Waals surface area contributed by atoms with Crippen molar-refractivity contribution >= 4 is 22.2 Å². The minimum atomic E-state index is -4.31. The minimum Gasteiger partial charge on any atom is -0.370 e. The van der Waals surface area contributed by atoms with Gasteiger partial charge in [0.2, 0.25) is 0 Å². The summed E-state index contributed by atoms with van der Waals surface area (Å²) in [4.78, 5) is 7.53. The summed E-state index contributed by atoms with van der Waals surface area (Å²) < 4.78 is 38.0. The molecule has 0 bridgehead atoms. The molecule has 0 amide bonds. The Hall–Kier alpha value is -1.76. The Bertz CT molecular complexity index is 612. The predicted molar refractivity (Wildman–Crippen MR) is 82.6 cm³/mol. The van der Waals surface area contributed by atoms with E-state index in [1.165, 1.54) is 0 Å². The molecule has 0 saturated carbocycles. The Labute approximate surface area is 131 Å². The third kappa shape index (κ3) is 3.35. The van der Waals surface area contributed by atoms with Crippen molar-refractivity contribution in [1.29, 1.82) is 0 Å². The summed E-state index contributed by atoms with van der Waals surface area (Å²) in [7, 11) is 0. The van der Waals surface area contributed by atoms with Crippen molar-refractivity contribution in [2.45, 2.75) is 12.6 Å². The first-order valence-electron chi connectivity index (χ1n) is 7.12. The second-order valence-corrected chi connectivity index (χ2v) is 6.18. The fourth-order valence-electron chi connectivity index (χ4n) is 2.55. The number of aromatic nitrogens is 1. The molecule has 3 rings (SSSR count). The van der Waals surface area contributed by atoms with Gasteiger partial charge in [-0.25, -0.2) is 4.98 Å². The molecule has 22 heavy (non-hydrogen) atoms. The van der Waals surface area contributed by atoms with Crippen LogP contribution in [-0.2, 0) is 6.18 Å². The summed E-state index contributed by atoms with van der Waals surface area (Å²) >= 11 is 0.724. The van der Waals surface area contributed by atoms with Crippen LogP contribution in [0, 0.1) is 0 Å². The zero-order valence-electron chi connectivity index (χ0n) is 11.9. The highest BCUT2D eigenvalue weighted by atomic mass is 32.1. The zero-order chi connectivity index (χ0) is 15.6. The highest BCUT2D eigenvalue weighted by molar-refractivity contribution is 7.15. The molecule has 0 spiro atoms. The normalized spacial score (nSPS) is 16.7. The van der Waals surface area contributed by atoms with Crippen molar-refractivity contribution in [3.63, 3.8) is 0 Å². The summed E-state index contributed by atoms with van der Waals surface area (Å²) in [6.45, 7) is 3.09. The summed E-state index contributed by atoms with van der Waals surface area (Å²) in [6.07, 6.45) is -2.48. The lowest BCUT2D eigenvalue weighted by Crippen LogP contribution is -2.30. The van der Waals surface area contributed by atoms with Gasteiger partial charge in [-0.3, -0.25) is 0 Å². The largest absolute Gasteiger partial charge is 0.427 e. The molecule has 1 fully saturated rings. The summed E-state index contributed by atoms with van der Waals surface area (Å²) in [5, 5.41) is 0.460. The van der Waals surface area contributed by atoms with E-state index in [1.807, 2.05) is 23.1 Å². The van der Waals surface area contributed by atoms with Gasteiger partial charge in [0, 0.05) is 31.9 Å². The van der Waals surface area contributed by atoms with E-state index in [0.717, 1.165) is 49.3 Å². The molecule has 1 aromatic carbocycles. The summed E-state index contributed by atoms with van der Waals surface area (Å²) in [5.41, 5.74) is 1.15. The predicted octanol–water partition coefficient (Wildman–Crippen LogP) is 3.88. The van der Waals surface area contributed by atoms with Crippen molar-refractivity contribution in [3.05, 3.63) is 41.4 Å². The first-order valence-corrected chi connectivity index (χ1v) is 7.93. The van der Waals surface area contributed by atoms with Gasteiger partial charge in [0.25, 0.3) is 0 Å². The molecule has 0 aliphatic carbocycles. The molecule has 1 aliphatic rings. The maximum atomic E-state index is 12.7. The van der Waals surface area contributed by atoms with Gasteiger partial charge in [-0.15, -0.1) is 0 Å². The molecule has 0 unspecified atom stereocenters. The fourth-order valence-corrected chi connectivity index (χ4v) is 3.38. The second-order valence-electron chi connectivity index (χ2n) is 5.17. The Morgan fingerprint density at radius 3 is 2.32 bits per heavy atom. The maximum Gasteiger partial charge on any atom is 0.427 e. The molecule has 3 nitrogen and oxygen atoms in total. The molecule has 1 saturated heterocycles. The van der Waals surface area contributed by atoms with E-state index < -0.39 is 11.1 Å². The number of benzene rings is 1. The van der Waals surface area contributed by atoms with Gasteiger partial charge in [0.15, 0.2) is 5.13 Å². The molecular weight excluding hydrogens is 311 g/mol. The van der Waals surface area contributed by atoms with Crippen LogP contribution in [0.5, 0.6) is 0 Å². The minimum absolute atomic E-state index is 0.460. The first kappa shape index (κ1) is 15.1. The number of hydrogen-bond acceptors (Lipinski definition) is 4. The first-order chi connectivity index (χ1) is 10.5. The number of nitrogens with zero attached hydrogens (tertiary/aromatic N) is 3. The molecule has 0 atom stereocenters. The Morgan fingerprint density at radius 1 is 0.955 bits per heavy atom. The van der Waals surface area contributed by atoms with Gasteiger partial charge < -0.3 is 9.80 Å². The molecule has 1 aromatic heterocycles. The number of anilines is 2. The Kier molecular flexibility index (Phi) is 4.24. The standard InChI is InChI=1S/C15H16F3N3S/c16-15(17,18)13-11-19-14(22-13)21-8-4-7-20(9-10-21)12-5-2-1-3-6-12/h1-3,5-6,11H,4,7-10H2. The van der Waals surface area contributed by atoms with Crippen molar-refractivity contribution in [2.75, 3.05) is 36.0 Å². The molecule has 2 aromatic rings. The van der Waals surface area contributed by atoms with Crippen LogP contribution in [0.2, 0.25) is 0 Å². The van der Waals surface area contributed by atoms with Crippen LogP contribution in [0.25, 0.3) is 0 Å². The average Bonchev–Trinajstić information content (AvgIpc) is 2.87. The van der Waals surface area contributed by atoms with Crippen molar-refractivity contribution < 1.29 is 13.2 Å².